The fourth-order valence-corrected chi connectivity index (χ4v) is 1.22. The van der Waals surface area contributed by atoms with Crippen LogP contribution < -0.4 is 10.7 Å². The van der Waals surface area contributed by atoms with Crippen LogP contribution >= 0.6 is 0 Å². The van der Waals surface area contributed by atoms with E-state index in [-0.39, 0.29) is 5.43 Å². The maximum absolute atomic E-state index is 11.0. The fourth-order valence-electron chi connectivity index (χ4n) is 1.22. The molecule has 2 rings (SSSR count). The van der Waals surface area contributed by atoms with Gasteiger partial charge >= 0.3 is 0 Å². The van der Waals surface area contributed by atoms with Crippen LogP contribution in [-0.2, 0) is 6.54 Å². The van der Waals surface area contributed by atoms with Gasteiger partial charge in [-0.15, -0.1) is 0 Å². The second kappa shape index (κ2) is 3.83. The largest absolute Gasteiger partial charge is 0.366 e. The van der Waals surface area contributed by atoms with E-state index < -0.39 is 0 Å². The third-order valence-electron chi connectivity index (χ3n) is 1.90. The lowest BCUT2D eigenvalue weighted by atomic mass is 10.4. The summed E-state index contributed by atoms with van der Waals surface area (Å²) in [5, 5.41) is 3.10. The number of rotatable bonds is 3. The lowest BCUT2D eigenvalue weighted by Crippen LogP contribution is -2.05. The van der Waals surface area contributed by atoms with E-state index in [2.05, 4.69) is 15.3 Å². The van der Waals surface area contributed by atoms with Crippen LogP contribution in [0.3, 0.4) is 0 Å². The van der Waals surface area contributed by atoms with E-state index in [1.165, 1.54) is 12.1 Å². The molecule has 4 nitrogen and oxygen atoms in total. The van der Waals surface area contributed by atoms with Crippen molar-refractivity contribution < 1.29 is 0 Å². The number of hydrogen-bond donors (Lipinski definition) is 3. The number of H-pyrrole nitrogens is 2. The summed E-state index contributed by atoms with van der Waals surface area (Å²) in [6.07, 6.45) is 3.49. The van der Waals surface area contributed by atoms with Gasteiger partial charge in [0.15, 0.2) is 5.43 Å². The van der Waals surface area contributed by atoms with Gasteiger partial charge < -0.3 is 15.3 Å². The highest BCUT2D eigenvalue weighted by atomic mass is 16.1. The fraction of sp³-hybridized carbons (Fsp3) is 0.100. The molecule has 0 saturated carbocycles. The predicted molar refractivity (Wildman–Crippen MR) is 55.2 cm³/mol. The SMILES string of the molecule is O=c1cc[nH]c(NCc2ccc[nH]2)c1. The maximum atomic E-state index is 11.0. The van der Waals surface area contributed by atoms with Gasteiger partial charge in [-0.25, -0.2) is 0 Å². The summed E-state index contributed by atoms with van der Waals surface area (Å²) in [5.41, 5.74) is 1.08. The minimum Gasteiger partial charge on any atom is -0.366 e. The summed E-state index contributed by atoms with van der Waals surface area (Å²) < 4.78 is 0. The Morgan fingerprint density at radius 2 is 2.14 bits per heavy atom. The first-order valence-corrected chi connectivity index (χ1v) is 4.39. The smallest absolute Gasteiger partial charge is 0.183 e. The molecule has 0 aromatic carbocycles. The van der Waals surface area contributed by atoms with E-state index in [0.29, 0.717) is 6.54 Å². The van der Waals surface area contributed by atoms with Crippen molar-refractivity contribution in [3.8, 4) is 0 Å². The topological polar surface area (TPSA) is 60.7 Å². The first-order valence-electron chi connectivity index (χ1n) is 4.39. The normalized spacial score (nSPS) is 10.0. The number of pyridine rings is 1. The molecule has 14 heavy (non-hydrogen) atoms. The number of nitrogens with one attached hydrogen (secondary N) is 3. The minimum atomic E-state index is -0.00210. The van der Waals surface area contributed by atoms with Crippen LogP contribution in [-0.4, -0.2) is 9.97 Å². The maximum Gasteiger partial charge on any atom is 0.183 e. The summed E-state index contributed by atoms with van der Waals surface area (Å²) in [6, 6.07) is 6.93. The van der Waals surface area contributed by atoms with E-state index in [0.717, 1.165) is 11.5 Å². The lowest BCUT2D eigenvalue weighted by molar-refractivity contribution is 1.05. The predicted octanol–water partition coefficient (Wildman–Crippen LogP) is 1.32. The van der Waals surface area contributed by atoms with Gasteiger partial charge in [-0.1, -0.05) is 0 Å². The summed E-state index contributed by atoms with van der Waals surface area (Å²) in [6.45, 7) is 0.674. The highest BCUT2D eigenvalue weighted by molar-refractivity contribution is 5.33. The first kappa shape index (κ1) is 8.62. The zero-order valence-electron chi connectivity index (χ0n) is 7.58. The van der Waals surface area contributed by atoms with Gasteiger partial charge in [0.2, 0.25) is 0 Å². The number of anilines is 1. The molecule has 72 valence electrons. The molecule has 2 aromatic heterocycles. The molecule has 0 unspecified atom stereocenters. The Morgan fingerprint density at radius 3 is 2.86 bits per heavy atom. The molecule has 0 amide bonds. The van der Waals surface area contributed by atoms with Gasteiger partial charge in [0, 0.05) is 30.2 Å². The second-order valence-electron chi connectivity index (χ2n) is 2.99. The van der Waals surface area contributed by atoms with Crippen LogP contribution in [0.1, 0.15) is 5.69 Å². The van der Waals surface area contributed by atoms with Crippen molar-refractivity contribution in [2.75, 3.05) is 5.32 Å². The molecule has 0 fully saturated rings. The van der Waals surface area contributed by atoms with Crippen LogP contribution in [0.15, 0.2) is 41.5 Å². The number of aromatic amines is 2. The quantitative estimate of drug-likeness (QED) is 0.681. The molecule has 0 spiro atoms. The molecule has 4 heteroatoms. The van der Waals surface area contributed by atoms with Gasteiger partial charge in [0.1, 0.15) is 5.82 Å². The summed E-state index contributed by atoms with van der Waals surface area (Å²) in [5.74, 6) is 0.729. The lowest BCUT2D eigenvalue weighted by Gasteiger charge is -2.03. The minimum absolute atomic E-state index is 0.00210. The highest BCUT2D eigenvalue weighted by Gasteiger charge is 1.94. The Kier molecular flexibility index (Phi) is 2.36. The zero-order valence-corrected chi connectivity index (χ0v) is 7.58. The van der Waals surface area contributed by atoms with E-state index in [1.807, 2.05) is 18.3 Å². The van der Waals surface area contributed by atoms with Crippen molar-refractivity contribution in [3.05, 3.63) is 52.6 Å². The second-order valence-corrected chi connectivity index (χ2v) is 2.99. The van der Waals surface area contributed by atoms with Crippen LogP contribution in [0, 0.1) is 0 Å². The average Bonchev–Trinajstić information content (AvgIpc) is 2.67. The van der Waals surface area contributed by atoms with Crippen molar-refractivity contribution in [1.29, 1.82) is 0 Å². The molecular weight excluding hydrogens is 178 g/mol. The average molecular weight is 189 g/mol. The zero-order chi connectivity index (χ0) is 9.80. The van der Waals surface area contributed by atoms with Crippen molar-refractivity contribution >= 4 is 5.82 Å². The Morgan fingerprint density at radius 1 is 1.21 bits per heavy atom. The molecule has 0 bridgehead atoms. The van der Waals surface area contributed by atoms with Crippen LogP contribution in [0.5, 0.6) is 0 Å². The molecule has 0 radical (unpaired) electrons. The Balaban J connectivity index is 2.02. The number of hydrogen-bond acceptors (Lipinski definition) is 2. The Labute approximate surface area is 81.0 Å². The van der Waals surface area contributed by atoms with Gasteiger partial charge in [-0.3, -0.25) is 4.79 Å². The molecule has 0 saturated heterocycles. The van der Waals surface area contributed by atoms with Crippen molar-refractivity contribution in [1.82, 2.24) is 9.97 Å². The molecule has 2 heterocycles. The van der Waals surface area contributed by atoms with Gasteiger partial charge in [0.25, 0.3) is 0 Å². The molecule has 0 aliphatic carbocycles. The first-order chi connectivity index (χ1) is 6.84. The molecule has 0 atom stereocenters. The van der Waals surface area contributed by atoms with Gasteiger partial charge in [-0.2, -0.15) is 0 Å². The van der Waals surface area contributed by atoms with E-state index in [4.69, 9.17) is 0 Å². The molecule has 0 aliphatic rings. The molecule has 3 N–H and O–H groups in total. The number of aromatic nitrogens is 2. The van der Waals surface area contributed by atoms with E-state index >= 15 is 0 Å². The Hall–Kier alpha value is -1.97. The molecule has 0 aliphatic heterocycles. The summed E-state index contributed by atoms with van der Waals surface area (Å²) in [4.78, 5) is 17.0. The van der Waals surface area contributed by atoms with E-state index in [9.17, 15) is 4.79 Å². The van der Waals surface area contributed by atoms with Crippen LogP contribution in [0.25, 0.3) is 0 Å². The van der Waals surface area contributed by atoms with Gasteiger partial charge in [-0.05, 0) is 12.1 Å². The third-order valence-corrected chi connectivity index (χ3v) is 1.90. The molecule has 2 aromatic rings. The van der Waals surface area contributed by atoms with E-state index in [1.54, 1.807) is 6.20 Å². The summed E-state index contributed by atoms with van der Waals surface area (Å²) >= 11 is 0. The van der Waals surface area contributed by atoms with Gasteiger partial charge in [0.05, 0.1) is 6.54 Å². The Bertz CT molecular complexity index is 444. The standard InChI is InChI=1S/C10H11N3O/c14-9-3-5-12-10(6-9)13-7-8-2-1-4-11-8/h1-6,11H,7H2,(H2,12,13,14). The van der Waals surface area contributed by atoms with Crippen molar-refractivity contribution in [2.24, 2.45) is 0 Å². The third kappa shape index (κ3) is 2.04. The summed E-state index contributed by atoms with van der Waals surface area (Å²) in [7, 11) is 0. The van der Waals surface area contributed by atoms with Crippen molar-refractivity contribution in [3.63, 3.8) is 0 Å². The van der Waals surface area contributed by atoms with Crippen LogP contribution in [0.2, 0.25) is 0 Å². The molecular formula is C10H11N3O. The van der Waals surface area contributed by atoms with Crippen LogP contribution in [0.4, 0.5) is 5.82 Å². The highest BCUT2D eigenvalue weighted by Crippen LogP contribution is 2.00. The van der Waals surface area contributed by atoms with Crippen molar-refractivity contribution in [2.45, 2.75) is 6.54 Å². The monoisotopic (exact) mass is 189 g/mol.